The van der Waals surface area contributed by atoms with Crippen LogP contribution in [0.3, 0.4) is 0 Å². The Kier molecular flexibility index (Phi) is 6.56. The number of anilines is 1. The lowest BCUT2D eigenvalue weighted by atomic mass is 10.1. The van der Waals surface area contributed by atoms with E-state index in [9.17, 15) is 4.79 Å². The average molecular weight is 277 g/mol. The predicted octanol–water partition coefficient (Wildman–Crippen LogP) is 2.65. The maximum atomic E-state index is 11.7. The summed E-state index contributed by atoms with van der Waals surface area (Å²) in [4.78, 5) is 11.7. The molecule has 0 aliphatic rings. The van der Waals surface area contributed by atoms with E-state index in [1.807, 2.05) is 31.2 Å². The van der Waals surface area contributed by atoms with Crippen molar-refractivity contribution in [2.24, 2.45) is 11.0 Å². The SMILES string of the molecule is CC/C(=N/NC(=O)CNc1ccccc1OC)C(C)C. The first-order valence-corrected chi connectivity index (χ1v) is 6.80. The largest absolute Gasteiger partial charge is 0.495 e. The Morgan fingerprint density at radius 3 is 2.65 bits per heavy atom. The van der Waals surface area contributed by atoms with Crippen molar-refractivity contribution in [1.29, 1.82) is 0 Å². The number of hydrogen-bond donors (Lipinski definition) is 2. The average Bonchev–Trinajstić information content (AvgIpc) is 2.45. The van der Waals surface area contributed by atoms with Crippen LogP contribution in [-0.2, 0) is 4.79 Å². The molecule has 0 aromatic heterocycles. The number of benzene rings is 1. The number of nitrogens with one attached hydrogen (secondary N) is 2. The highest BCUT2D eigenvalue weighted by molar-refractivity contribution is 5.88. The molecule has 0 unspecified atom stereocenters. The summed E-state index contributed by atoms with van der Waals surface area (Å²) in [6, 6.07) is 7.46. The minimum absolute atomic E-state index is 0.152. The van der Waals surface area contributed by atoms with Crippen LogP contribution in [0.1, 0.15) is 27.2 Å². The monoisotopic (exact) mass is 277 g/mol. The molecule has 2 N–H and O–H groups in total. The third-order valence-electron chi connectivity index (χ3n) is 2.90. The first kappa shape index (κ1) is 16.0. The van der Waals surface area contributed by atoms with Crippen LogP contribution in [-0.4, -0.2) is 25.3 Å². The summed E-state index contributed by atoms with van der Waals surface area (Å²) < 4.78 is 5.20. The second kappa shape index (κ2) is 8.19. The highest BCUT2D eigenvalue weighted by atomic mass is 16.5. The van der Waals surface area contributed by atoms with E-state index in [-0.39, 0.29) is 12.5 Å². The minimum Gasteiger partial charge on any atom is -0.495 e. The predicted molar refractivity (Wildman–Crippen MR) is 82.2 cm³/mol. The molecule has 0 radical (unpaired) electrons. The lowest BCUT2D eigenvalue weighted by Crippen LogP contribution is -2.27. The topological polar surface area (TPSA) is 62.7 Å². The van der Waals surface area contributed by atoms with E-state index in [1.54, 1.807) is 7.11 Å². The summed E-state index contributed by atoms with van der Waals surface area (Å²) in [6.07, 6.45) is 0.831. The second-order valence-corrected chi connectivity index (χ2v) is 4.70. The first-order valence-electron chi connectivity index (χ1n) is 6.80. The van der Waals surface area contributed by atoms with Crippen LogP contribution < -0.4 is 15.5 Å². The fourth-order valence-electron chi connectivity index (χ4n) is 1.76. The maximum Gasteiger partial charge on any atom is 0.259 e. The summed E-state index contributed by atoms with van der Waals surface area (Å²) in [5.41, 5.74) is 4.34. The summed E-state index contributed by atoms with van der Waals surface area (Å²) >= 11 is 0. The molecule has 0 atom stereocenters. The van der Waals surface area contributed by atoms with Crippen LogP contribution >= 0.6 is 0 Å². The van der Waals surface area contributed by atoms with Crippen LogP contribution in [0.15, 0.2) is 29.4 Å². The van der Waals surface area contributed by atoms with Crippen LogP contribution in [0.2, 0.25) is 0 Å². The summed E-state index contributed by atoms with van der Waals surface area (Å²) in [7, 11) is 1.60. The number of nitrogens with zero attached hydrogens (tertiary/aromatic N) is 1. The van der Waals surface area contributed by atoms with Gasteiger partial charge < -0.3 is 10.1 Å². The van der Waals surface area contributed by atoms with Crippen molar-refractivity contribution in [2.75, 3.05) is 19.0 Å². The maximum absolute atomic E-state index is 11.7. The quantitative estimate of drug-likeness (QED) is 0.595. The zero-order valence-electron chi connectivity index (χ0n) is 12.6. The van der Waals surface area contributed by atoms with Gasteiger partial charge in [0.05, 0.1) is 19.3 Å². The number of methoxy groups -OCH3 is 1. The molecule has 0 aliphatic heterocycles. The zero-order valence-corrected chi connectivity index (χ0v) is 12.6. The van der Waals surface area contributed by atoms with Gasteiger partial charge in [-0.1, -0.05) is 32.9 Å². The molecule has 0 saturated carbocycles. The molecule has 110 valence electrons. The third kappa shape index (κ3) is 4.91. The molecule has 1 amide bonds. The van der Waals surface area contributed by atoms with Gasteiger partial charge in [-0.15, -0.1) is 0 Å². The van der Waals surface area contributed by atoms with E-state index in [0.29, 0.717) is 11.7 Å². The van der Waals surface area contributed by atoms with Crippen molar-refractivity contribution in [3.63, 3.8) is 0 Å². The fourth-order valence-corrected chi connectivity index (χ4v) is 1.76. The second-order valence-electron chi connectivity index (χ2n) is 4.70. The smallest absolute Gasteiger partial charge is 0.259 e. The Morgan fingerprint density at radius 2 is 2.05 bits per heavy atom. The van der Waals surface area contributed by atoms with E-state index < -0.39 is 0 Å². The zero-order chi connectivity index (χ0) is 15.0. The van der Waals surface area contributed by atoms with Crippen molar-refractivity contribution >= 4 is 17.3 Å². The molecule has 0 saturated heterocycles. The van der Waals surface area contributed by atoms with Crippen LogP contribution in [0.4, 0.5) is 5.69 Å². The molecule has 20 heavy (non-hydrogen) atoms. The van der Waals surface area contributed by atoms with Gasteiger partial charge in [0.15, 0.2) is 0 Å². The van der Waals surface area contributed by atoms with Crippen LogP contribution in [0, 0.1) is 5.92 Å². The number of amides is 1. The normalized spacial score (nSPS) is 11.3. The van der Waals surface area contributed by atoms with Crippen molar-refractivity contribution in [3.8, 4) is 5.75 Å². The molecule has 0 bridgehead atoms. The van der Waals surface area contributed by atoms with E-state index in [2.05, 4.69) is 29.7 Å². The van der Waals surface area contributed by atoms with E-state index >= 15 is 0 Å². The van der Waals surface area contributed by atoms with Gasteiger partial charge in [-0.25, -0.2) is 5.43 Å². The molecule has 0 aliphatic carbocycles. The standard InChI is InChI=1S/C15H23N3O2/c1-5-12(11(2)3)17-18-15(19)10-16-13-8-6-7-9-14(13)20-4/h6-9,11,16H,5,10H2,1-4H3,(H,18,19)/b17-12-. The van der Waals surface area contributed by atoms with Gasteiger partial charge in [0.2, 0.25) is 0 Å². The Bertz CT molecular complexity index is 470. The Hall–Kier alpha value is -2.04. The minimum atomic E-state index is -0.178. The van der Waals surface area contributed by atoms with Gasteiger partial charge in [0.25, 0.3) is 5.91 Å². The molecular formula is C15H23N3O2. The van der Waals surface area contributed by atoms with E-state index in [4.69, 9.17) is 4.74 Å². The number of ether oxygens (including phenoxy) is 1. The molecule has 5 heteroatoms. The van der Waals surface area contributed by atoms with E-state index in [0.717, 1.165) is 17.8 Å². The molecule has 0 heterocycles. The molecule has 1 aromatic rings. The number of hydrazone groups is 1. The number of para-hydroxylation sites is 2. The molecule has 1 rings (SSSR count). The molecular weight excluding hydrogens is 254 g/mol. The van der Waals surface area contributed by atoms with Gasteiger partial charge >= 0.3 is 0 Å². The summed E-state index contributed by atoms with van der Waals surface area (Å²) in [5, 5.41) is 7.17. The van der Waals surface area contributed by atoms with Gasteiger partial charge in [-0.2, -0.15) is 5.10 Å². The van der Waals surface area contributed by atoms with Crippen molar-refractivity contribution in [1.82, 2.24) is 5.43 Å². The van der Waals surface area contributed by atoms with Crippen molar-refractivity contribution in [3.05, 3.63) is 24.3 Å². The van der Waals surface area contributed by atoms with Crippen LogP contribution in [0.25, 0.3) is 0 Å². The van der Waals surface area contributed by atoms with Gasteiger partial charge in [-0.05, 0) is 24.5 Å². The van der Waals surface area contributed by atoms with Crippen molar-refractivity contribution < 1.29 is 9.53 Å². The highest BCUT2D eigenvalue weighted by Gasteiger charge is 2.06. The van der Waals surface area contributed by atoms with Crippen molar-refractivity contribution in [2.45, 2.75) is 27.2 Å². The Morgan fingerprint density at radius 1 is 1.35 bits per heavy atom. The fraction of sp³-hybridized carbons (Fsp3) is 0.467. The summed E-state index contributed by atoms with van der Waals surface area (Å²) in [6.45, 7) is 6.29. The number of carbonyl (C=O) groups is 1. The van der Waals surface area contributed by atoms with Gasteiger partial charge in [-0.3, -0.25) is 4.79 Å². The lowest BCUT2D eigenvalue weighted by Gasteiger charge is -2.11. The lowest BCUT2D eigenvalue weighted by molar-refractivity contribution is -0.119. The molecule has 0 spiro atoms. The number of hydrogen-bond acceptors (Lipinski definition) is 4. The summed E-state index contributed by atoms with van der Waals surface area (Å²) in [5.74, 6) is 0.866. The Balaban J connectivity index is 2.51. The first-order chi connectivity index (χ1) is 9.58. The van der Waals surface area contributed by atoms with Gasteiger partial charge in [0.1, 0.15) is 5.75 Å². The number of carbonyl (C=O) groups excluding carboxylic acids is 1. The highest BCUT2D eigenvalue weighted by Crippen LogP contribution is 2.22. The van der Waals surface area contributed by atoms with Gasteiger partial charge in [0, 0.05) is 5.71 Å². The molecule has 5 nitrogen and oxygen atoms in total. The van der Waals surface area contributed by atoms with E-state index in [1.165, 1.54) is 0 Å². The molecule has 1 aromatic carbocycles. The van der Waals surface area contributed by atoms with Crippen LogP contribution in [0.5, 0.6) is 5.75 Å². The third-order valence-corrected chi connectivity index (χ3v) is 2.90. The number of rotatable bonds is 7. The molecule has 0 fully saturated rings. The Labute approximate surface area is 120 Å².